The molecule has 0 saturated carbocycles. The largest absolute Gasteiger partial charge is 0.392 e. The zero-order chi connectivity index (χ0) is 14.7. The number of aliphatic hydroxyl groups is 1. The molecule has 0 saturated heterocycles. The van der Waals surface area contributed by atoms with Crippen molar-refractivity contribution in [2.45, 2.75) is 20.1 Å². The van der Waals surface area contributed by atoms with E-state index in [0.717, 1.165) is 34.5 Å². The molecule has 3 aromatic rings. The van der Waals surface area contributed by atoms with E-state index in [9.17, 15) is 0 Å². The van der Waals surface area contributed by atoms with Crippen LogP contribution in [0.1, 0.15) is 23.9 Å². The zero-order valence-electron chi connectivity index (χ0n) is 12.0. The maximum atomic E-state index is 9.05. The Labute approximate surface area is 124 Å². The molecule has 0 unspecified atom stereocenters. The summed E-state index contributed by atoms with van der Waals surface area (Å²) in [6, 6.07) is 16.1. The van der Waals surface area contributed by atoms with E-state index >= 15 is 0 Å². The Hall–Kier alpha value is -2.39. The average molecular weight is 278 g/mol. The van der Waals surface area contributed by atoms with Crippen LogP contribution in [0.15, 0.2) is 48.5 Å². The Balaban J connectivity index is 1.94. The van der Waals surface area contributed by atoms with Gasteiger partial charge in [-0.15, -0.1) is 0 Å². The molecule has 0 amide bonds. The molecule has 3 heteroatoms. The summed E-state index contributed by atoms with van der Waals surface area (Å²) in [5.41, 5.74) is 4.21. The van der Waals surface area contributed by atoms with E-state index in [0.29, 0.717) is 0 Å². The van der Waals surface area contributed by atoms with Crippen molar-refractivity contribution < 1.29 is 5.11 Å². The smallest absolute Gasteiger partial charge is 0.133 e. The van der Waals surface area contributed by atoms with Crippen molar-refractivity contribution in [3.05, 3.63) is 65.5 Å². The van der Waals surface area contributed by atoms with Crippen LogP contribution in [0.3, 0.4) is 0 Å². The third kappa shape index (κ3) is 2.73. The third-order valence-corrected chi connectivity index (χ3v) is 3.59. The van der Waals surface area contributed by atoms with Crippen LogP contribution in [0.5, 0.6) is 0 Å². The van der Waals surface area contributed by atoms with Crippen molar-refractivity contribution in [2.75, 3.05) is 0 Å². The normalized spacial score (nSPS) is 11.5. The number of imidazole rings is 1. The van der Waals surface area contributed by atoms with Crippen LogP contribution in [0.25, 0.3) is 23.2 Å². The van der Waals surface area contributed by atoms with E-state index in [-0.39, 0.29) is 6.61 Å². The van der Waals surface area contributed by atoms with Crippen LogP contribution < -0.4 is 0 Å². The lowest BCUT2D eigenvalue weighted by atomic mass is 10.1. The fourth-order valence-electron chi connectivity index (χ4n) is 2.46. The summed E-state index contributed by atoms with van der Waals surface area (Å²) in [4.78, 5) is 4.67. The summed E-state index contributed by atoms with van der Waals surface area (Å²) in [7, 11) is 0. The molecule has 1 N–H and O–H groups in total. The zero-order valence-corrected chi connectivity index (χ0v) is 12.0. The SMILES string of the molecule is CCn1c(/C=C/c2ccc(CO)cc2)nc2ccccc21. The van der Waals surface area contributed by atoms with Gasteiger partial charge < -0.3 is 9.67 Å². The lowest BCUT2D eigenvalue weighted by molar-refractivity contribution is 0.282. The Morgan fingerprint density at radius 1 is 1.05 bits per heavy atom. The van der Waals surface area contributed by atoms with Crippen LogP contribution in [0, 0.1) is 0 Å². The van der Waals surface area contributed by atoms with Gasteiger partial charge in [-0.25, -0.2) is 4.98 Å². The molecule has 1 heterocycles. The summed E-state index contributed by atoms with van der Waals surface area (Å²) < 4.78 is 2.20. The van der Waals surface area contributed by atoms with E-state index in [1.807, 2.05) is 48.5 Å². The number of aryl methyl sites for hydroxylation is 1. The fraction of sp³-hybridized carbons (Fsp3) is 0.167. The quantitative estimate of drug-likeness (QED) is 0.790. The molecule has 0 spiro atoms. The van der Waals surface area contributed by atoms with Gasteiger partial charge in [-0.1, -0.05) is 42.5 Å². The summed E-state index contributed by atoms with van der Waals surface area (Å²) in [5, 5.41) is 9.05. The van der Waals surface area contributed by atoms with Crippen molar-refractivity contribution in [3.63, 3.8) is 0 Å². The first-order chi connectivity index (χ1) is 10.3. The van der Waals surface area contributed by atoms with Gasteiger partial charge >= 0.3 is 0 Å². The molecule has 3 nitrogen and oxygen atoms in total. The van der Waals surface area contributed by atoms with Crippen LogP contribution >= 0.6 is 0 Å². The number of hydrogen-bond acceptors (Lipinski definition) is 2. The molecular formula is C18H18N2O. The lowest BCUT2D eigenvalue weighted by Crippen LogP contribution is -1.96. The van der Waals surface area contributed by atoms with Gasteiger partial charge in [0.05, 0.1) is 17.6 Å². The van der Waals surface area contributed by atoms with Crippen molar-refractivity contribution in [2.24, 2.45) is 0 Å². The van der Waals surface area contributed by atoms with Gasteiger partial charge in [0.15, 0.2) is 0 Å². The minimum Gasteiger partial charge on any atom is -0.392 e. The number of para-hydroxylation sites is 2. The molecule has 106 valence electrons. The number of benzene rings is 2. The summed E-state index contributed by atoms with van der Waals surface area (Å²) in [6.07, 6.45) is 4.09. The summed E-state index contributed by atoms with van der Waals surface area (Å²) >= 11 is 0. The van der Waals surface area contributed by atoms with Crippen LogP contribution in [0.2, 0.25) is 0 Å². The van der Waals surface area contributed by atoms with Crippen LogP contribution in [-0.2, 0) is 13.2 Å². The number of aliphatic hydroxyl groups excluding tert-OH is 1. The first kappa shape index (κ1) is 13.6. The highest BCUT2D eigenvalue weighted by Crippen LogP contribution is 2.18. The van der Waals surface area contributed by atoms with Gasteiger partial charge in [-0.3, -0.25) is 0 Å². The van der Waals surface area contributed by atoms with E-state index in [2.05, 4.69) is 28.6 Å². The van der Waals surface area contributed by atoms with Gasteiger partial charge in [0.1, 0.15) is 5.82 Å². The number of rotatable bonds is 4. The van der Waals surface area contributed by atoms with Gasteiger partial charge in [0.2, 0.25) is 0 Å². The van der Waals surface area contributed by atoms with Crippen molar-refractivity contribution in [1.82, 2.24) is 9.55 Å². The van der Waals surface area contributed by atoms with E-state index in [1.165, 1.54) is 0 Å². The average Bonchev–Trinajstić information content (AvgIpc) is 2.91. The summed E-state index contributed by atoms with van der Waals surface area (Å²) in [5.74, 6) is 0.963. The highest BCUT2D eigenvalue weighted by Gasteiger charge is 2.05. The maximum absolute atomic E-state index is 9.05. The molecule has 0 fully saturated rings. The van der Waals surface area contributed by atoms with Crippen molar-refractivity contribution >= 4 is 23.2 Å². The minimum absolute atomic E-state index is 0.0790. The standard InChI is InChI=1S/C18H18N2O/c1-2-20-17-6-4-3-5-16(17)19-18(20)12-11-14-7-9-15(13-21)10-8-14/h3-12,21H,2,13H2,1H3/b12-11+. The minimum atomic E-state index is 0.0790. The Morgan fingerprint density at radius 2 is 1.81 bits per heavy atom. The maximum Gasteiger partial charge on any atom is 0.133 e. The second-order valence-electron chi connectivity index (χ2n) is 4.94. The third-order valence-electron chi connectivity index (χ3n) is 3.59. The molecule has 21 heavy (non-hydrogen) atoms. The number of fused-ring (bicyclic) bond motifs is 1. The second-order valence-corrected chi connectivity index (χ2v) is 4.94. The predicted molar refractivity (Wildman–Crippen MR) is 86.7 cm³/mol. The second kappa shape index (κ2) is 5.94. The Morgan fingerprint density at radius 3 is 2.52 bits per heavy atom. The highest BCUT2D eigenvalue weighted by molar-refractivity contribution is 5.79. The molecule has 2 aromatic carbocycles. The van der Waals surface area contributed by atoms with E-state index in [4.69, 9.17) is 5.11 Å². The van der Waals surface area contributed by atoms with Crippen molar-refractivity contribution in [3.8, 4) is 0 Å². The fourth-order valence-corrected chi connectivity index (χ4v) is 2.46. The molecule has 0 radical (unpaired) electrons. The molecule has 3 rings (SSSR count). The van der Waals surface area contributed by atoms with E-state index in [1.54, 1.807) is 0 Å². The Bertz CT molecular complexity index is 770. The van der Waals surface area contributed by atoms with Crippen LogP contribution in [-0.4, -0.2) is 14.7 Å². The number of nitrogens with zero attached hydrogens (tertiary/aromatic N) is 2. The summed E-state index contributed by atoms with van der Waals surface area (Å²) in [6.45, 7) is 3.10. The molecule has 1 aromatic heterocycles. The molecule has 0 aliphatic carbocycles. The monoisotopic (exact) mass is 278 g/mol. The lowest BCUT2D eigenvalue weighted by Gasteiger charge is -2.02. The van der Waals surface area contributed by atoms with Gasteiger partial charge in [0.25, 0.3) is 0 Å². The van der Waals surface area contributed by atoms with Crippen molar-refractivity contribution in [1.29, 1.82) is 0 Å². The van der Waals surface area contributed by atoms with Crippen LogP contribution in [0.4, 0.5) is 0 Å². The predicted octanol–water partition coefficient (Wildman–Crippen LogP) is 3.72. The Kier molecular flexibility index (Phi) is 3.84. The number of aromatic nitrogens is 2. The van der Waals surface area contributed by atoms with Gasteiger partial charge in [-0.05, 0) is 36.3 Å². The number of hydrogen-bond donors (Lipinski definition) is 1. The molecule has 0 aliphatic rings. The van der Waals surface area contributed by atoms with Gasteiger partial charge in [0, 0.05) is 6.54 Å². The highest BCUT2D eigenvalue weighted by atomic mass is 16.3. The van der Waals surface area contributed by atoms with Gasteiger partial charge in [-0.2, -0.15) is 0 Å². The molecular weight excluding hydrogens is 260 g/mol. The first-order valence-electron chi connectivity index (χ1n) is 7.15. The molecule has 0 bridgehead atoms. The molecule has 0 atom stereocenters. The first-order valence-corrected chi connectivity index (χ1v) is 7.15. The van der Waals surface area contributed by atoms with E-state index < -0.39 is 0 Å². The topological polar surface area (TPSA) is 38.0 Å². The molecule has 0 aliphatic heterocycles.